The highest BCUT2D eigenvalue weighted by Gasteiger charge is 2.35. The maximum Gasteiger partial charge on any atom is 0.0601 e. The fraction of sp³-hybridized carbons (Fsp3) is 0.625. The lowest BCUT2D eigenvalue weighted by Gasteiger charge is -2.43. The molecule has 0 atom stereocenters. The molecule has 1 aromatic carbocycles. The molecule has 98 valence electrons. The van der Waals surface area contributed by atoms with E-state index in [9.17, 15) is 0 Å². The molecule has 0 aliphatic heterocycles. The predicted molar refractivity (Wildman–Crippen MR) is 73.9 cm³/mol. The molecule has 0 bridgehead atoms. The smallest absolute Gasteiger partial charge is 0.0601 e. The van der Waals surface area contributed by atoms with E-state index in [0.29, 0.717) is 12.1 Å². The Morgan fingerprint density at radius 1 is 1.00 bits per heavy atom. The monoisotopic (exact) mass is 245 g/mol. The lowest BCUT2D eigenvalue weighted by atomic mass is 9.74. The van der Waals surface area contributed by atoms with Crippen molar-refractivity contribution in [2.75, 3.05) is 7.11 Å². The van der Waals surface area contributed by atoms with Crippen molar-refractivity contribution in [2.24, 2.45) is 0 Å². The molecule has 0 amide bonds. The van der Waals surface area contributed by atoms with Crippen molar-refractivity contribution >= 4 is 0 Å². The molecule has 2 aliphatic rings. The van der Waals surface area contributed by atoms with Gasteiger partial charge in [-0.05, 0) is 44.1 Å². The van der Waals surface area contributed by atoms with Gasteiger partial charge < -0.3 is 10.1 Å². The molecule has 0 saturated heterocycles. The molecule has 0 aromatic heterocycles. The number of aryl methyl sites for hydroxylation is 1. The summed E-state index contributed by atoms with van der Waals surface area (Å²) in [5.41, 5.74) is 2.87. The average Bonchev–Trinajstić information content (AvgIpc) is 2.27. The predicted octanol–water partition coefficient (Wildman–Crippen LogP) is 3.01. The average molecular weight is 245 g/mol. The third-order valence-electron chi connectivity index (χ3n) is 4.59. The molecule has 2 saturated carbocycles. The van der Waals surface area contributed by atoms with Gasteiger partial charge in [0.15, 0.2) is 0 Å². The Labute approximate surface area is 110 Å². The zero-order chi connectivity index (χ0) is 12.5. The number of hydrogen-bond donors (Lipinski definition) is 1. The lowest BCUT2D eigenvalue weighted by molar-refractivity contribution is 0.00999. The van der Waals surface area contributed by atoms with E-state index < -0.39 is 0 Å². The molecule has 2 nitrogen and oxygen atoms in total. The summed E-state index contributed by atoms with van der Waals surface area (Å²) in [5, 5.41) is 3.75. The largest absolute Gasteiger partial charge is 0.381 e. The van der Waals surface area contributed by atoms with E-state index in [1.54, 1.807) is 0 Å². The van der Waals surface area contributed by atoms with Gasteiger partial charge in [-0.15, -0.1) is 0 Å². The van der Waals surface area contributed by atoms with Crippen LogP contribution in [0.2, 0.25) is 0 Å². The molecular formula is C16H23NO. The summed E-state index contributed by atoms with van der Waals surface area (Å²) in [7, 11) is 1.82. The molecule has 0 unspecified atom stereocenters. The summed E-state index contributed by atoms with van der Waals surface area (Å²) in [6.45, 7) is 2.15. The molecule has 3 rings (SSSR count). The van der Waals surface area contributed by atoms with Gasteiger partial charge in [-0.3, -0.25) is 0 Å². The second kappa shape index (κ2) is 5.02. The molecule has 2 aliphatic carbocycles. The van der Waals surface area contributed by atoms with Gasteiger partial charge in [0.2, 0.25) is 0 Å². The zero-order valence-electron chi connectivity index (χ0n) is 11.4. The van der Waals surface area contributed by atoms with Crippen molar-refractivity contribution in [1.29, 1.82) is 0 Å². The topological polar surface area (TPSA) is 21.3 Å². The van der Waals surface area contributed by atoms with Crippen LogP contribution in [0.1, 0.15) is 42.7 Å². The number of rotatable bonds is 4. The molecule has 0 spiro atoms. The van der Waals surface area contributed by atoms with Crippen LogP contribution in [0, 0.1) is 6.92 Å². The van der Waals surface area contributed by atoms with E-state index >= 15 is 0 Å². The van der Waals surface area contributed by atoms with Crippen molar-refractivity contribution in [3.8, 4) is 0 Å². The van der Waals surface area contributed by atoms with Gasteiger partial charge in [-0.25, -0.2) is 0 Å². The van der Waals surface area contributed by atoms with Crippen molar-refractivity contribution < 1.29 is 4.74 Å². The second-order valence-corrected chi connectivity index (χ2v) is 5.97. The summed E-state index contributed by atoms with van der Waals surface area (Å²) < 4.78 is 5.31. The van der Waals surface area contributed by atoms with E-state index in [1.165, 1.54) is 36.8 Å². The van der Waals surface area contributed by atoms with Crippen molar-refractivity contribution in [1.82, 2.24) is 5.32 Å². The van der Waals surface area contributed by atoms with Crippen LogP contribution in [-0.2, 0) is 4.74 Å². The fourth-order valence-corrected chi connectivity index (χ4v) is 3.09. The van der Waals surface area contributed by atoms with Crippen molar-refractivity contribution in [3.63, 3.8) is 0 Å². The molecule has 0 heterocycles. The van der Waals surface area contributed by atoms with Crippen LogP contribution in [-0.4, -0.2) is 25.3 Å². The fourth-order valence-electron chi connectivity index (χ4n) is 3.09. The number of hydrogen-bond acceptors (Lipinski definition) is 2. The van der Waals surface area contributed by atoms with Crippen LogP contribution in [0.3, 0.4) is 0 Å². The minimum absolute atomic E-state index is 0.510. The van der Waals surface area contributed by atoms with E-state index in [2.05, 4.69) is 36.5 Å². The molecule has 2 heteroatoms. The summed E-state index contributed by atoms with van der Waals surface area (Å²) in [5.74, 6) is 0.779. The Bertz CT molecular complexity index is 388. The molecular weight excluding hydrogens is 222 g/mol. The first-order valence-electron chi connectivity index (χ1n) is 7.10. The minimum Gasteiger partial charge on any atom is -0.381 e. The van der Waals surface area contributed by atoms with Crippen LogP contribution in [0.4, 0.5) is 0 Å². The maximum atomic E-state index is 5.31. The Morgan fingerprint density at radius 2 is 1.61 bits per heavy atom. The van der Waals surface area contributed by atoms with Crippen molar-refractivity contribution in [3.05, 3.63) is 35.4 Å². The second-order valence-electron chi connectivity index (χ2n) is 5.97. The Kier molecular flexibility index (Phi) is 3.40. The number of methoxy groups -OCH3 is 1. The summed E-state index contributed by atoms with van der Waals surface area (Å²) in [4.78, 5) is 0. The van der Waals surface area contributed by atoms with Gasteiger partial charge in [0.05, 0.1) is 6.10 Å². The van der Waals surface area contributed by atoms with Gasteiger partial charge in [-0.2, -0.15) is 0 Å². The maximum absolute atomic E-state index is 5.31. The van der Waals surface area contributed by atoms with Gasteiger partial charge in [-0.1, -0.05) is 29.8 Å². The quantitative estimate of drug-likeness (QED) is 0.880. The zero-order valence-corrected chi connectivity index (χ0v) is 11.4. The number of benzene rings is 1. The normalized spacial score (nSPS) is 34.8. The van der Waals surface area contributed by atoms with E-state index in [4.69, 9.17) is 4.74 Å². The Hall–Kier alpha value is -0.860. The highest BCUT2D eigenvalue weighted by atomic mass is 16.5. The number of ether oxygens (including phenoxy) is 1. The minimum atomic E-state index is 0.510. The molecule has 1 N–H and O–H groups in total. The third kappa shape index (κ3) is 2.45. The van der Waals surface area contributed by atoms with Gasteiger partial charge in [0.1, 0.15) is 0 Å². The van der Waals surface area contributed by atoms with Gasteiger partial charge in [0, 0.05) is 19.2 Å². The van der Waals surface area contributed by atoms with E-state index in [-0.39, 0.29) is 0 Å². The van der Waals surface area contributed by atoms with Crippen molar-refractivity contribution in [2.45, 2.75) is 56.7 Å². The van der Waals surface area contributed by atoms with E-state index in [1.807, 2.05) is 7.11 Å². The first kappa shape index (κ1) is 12.2. The molecule has 2 fully saturated rings. The standard InChI is InChI=1S/C16H23NO/c1-11-3-5-12(6-4-11)13-7-14(8-13)17-15-9-16(10-15)18-2/h3-6,13-17H,7-10H2,1-2H3. The van der Waals surface area contributed by atoms with Crippen LogP contribution in [0.15, 0.2) is 24.3 Å². The summed E-state index contributed by atoms with van der Waals surface area (Å²) in [6, 6.07) is 10.5. The lowest BCUT2D eigenvalue weighted by Crippen LogP contribution is -2.52. The van der Waals surface area contributed by atoms with Crippen LogP contribution < -0.4 is 5.32 Å². The van der Waals surface area contributed by atoms with Crippen LogP contribution in [0.5, 0.6) is 0 Å². The molecule has 18 heavy (non-hydrogen) atoms. The first-order chi connectivity index (χ1) is 8.74. The van der Waals surface area contributed by atoms with E-state index in [0.717, 1.165) is 12.0 Å². The van der Waals surface area contributed by atoms with Gasteiger partial charge in [0.25, 0.3) is 0 Å². The third-order valence-corrected chi connectivity index (χ3v) is 4.59. The summed E-state index contributed by atoms with van der Waals surface area (Å²) in [6.07, 6.45) is 5.51. The molecule has 1 aromatic rings. The van der Waals surface area contributed by atoms with Gasteiger partial charge >= 0.3 is 0 Å². The SMILES string of the molecule is COC1CC(NC2CC(c3ccc(C)cc3)C2)C1. The Balaban J connectivity index is 1.42. The number of nitrogens with one attached hydrogen (secondary N) is 1. The summed E-state index contributed by atoms with van der Waals surface area (Å²) >= 11 is 0. The highest BCUT2D eigenvalue weighted by Crippen LogP contribution is 2.38. The van der Waals surface area contributed by atoms with Crippen LogP contribution in [0.25, 0.3) is 0 Å². The van der Waals surface area contributed by atoms with Crippen LogP contribution >= 0.6 is 0 Å². The first-order valence-corrected chi connectivity index (χ1v) is 7.10. The molecule has 0 radical (unpaired) electrons. The Morgan fingerprint density at radius 3 is 2.22 bits per heavy atom. The highest BCUT2D eigenvalue weighted by molar-refractivity contribution is 5.26.